The third-order valence-corrected chi connectivity index (χ3v) is 4.59. The number of nitrogens with zero attached hydrogens (tertiary/aromatic N) is 1. The molecule has 1 atom stereocenters. The topological polar surface area (TPSA) is 35.5 Å². The number of benzene rings is 1. The van der Waals surface area contributed by atoms with Gasteiger partial charge in [-0.2, -0.15) is 0 Å². The van der Waals surface area contributed by atoms with E-state index in [-0.39, 0.29) is 0 Å². The van der Waals surface area contributed by atoms with Gasteiger partial charge in [-0.3, -0.25) is 4.90 Å². The summed E-state index contributed by atoms with van der Waals surface area (Å²) < 4.78 is 0. The zero-order valence-electron chi connectivity index (χ0n) is 13.7. The molecule has 1 saturated heterocycles. The van der Waals surface area contributed by atoms with E-state index in [0.29, 0.717) is 12.6 Å². The molecule has 3 nitrogen and oxygen atoms in total. The maximum Gasteiger partial charge on any atom is 0.0994 e. The molecule has 0 aliphatic carbocycles. The highest BCUT2D eigenvalue weighted by molar-refractivity contribution is 5.21. The van der Waals surface area contributed by atoms with Crippen LogP contribution in [-0.2, 0) is 5.60 Å². The Labute approximate surface area is 129 Å². The molecule has 1 aromatic carbocycles. The molecule has 21 heavy (non-hydrogen) atoms. The average Bonchev–Trinajstić information content (AvgIpc) is 2.48. The van der Waals surface area contributed by atoms with E-state index in [1.54, 1.807) is 0 Å². The fraction of sp³-hybridized carbons (Fsp3) is 0.667. The lowest BCUT2D eigenvalue weighted by Crippen LogP contribution is -2.46. The molecule has 1 heterocycles. The van der Waals surface area contributed by atoms with E-state index in [9.17, 15) is 5.11 Å². The summed E-state index contributed by atoms with van der Waals surface area (Å²) in [6.07, 6.45) is 2.49. The van der Waals surface area contributed by atoms with Gasteiger partial charge in [0.05, 0.1) is 5.60 Å². The molecule has 1 unspecified atom stereocenters. The first-order valence-corrected chi connectivity index (χ1v) is 8.22. The Morgan fingerprint density at radius 1 is 1.24 bits per heavy atom. The van der Waals surface area contributed by atoms with Crippen molar-refractivity contribution in [3.63, 3.8) is 0 Å². The summed E-state index contributed by atoms with van der Waals surface area (Å²) in [5, 5.41) is 14.3. The predicted octanol–water partition coefficient (Wildman–Crippen LogP) is 2.60. The minimum Gasteiger partial charge on any atom is -0.384 e. The zero-order valence-corrected chi connectivity index (χ0v) is 13.7. The normalized spacial score (nSPS) is 19.9. The van der Waals surface area contributed by atoms with E-state index >= 15 is 0 Å². The van der Waals surface area contributed by atoms with Crippen molar-refractivity contribution in [2.24, 2.45) is 5.92 Å². The number of hydrogen-bond donors (Lipinski definition) is 2. The van der Waals surface area contributed by atoms with Crippen molar-refractivity contribution in [3.8, 4) is 0 Å². The summed E-state index contributed by atoms with van der Waals surface area (Å²) in [7, 11) is 0. The second-order valence-corrected chi connectivity index (χ2v) is 6.86. The minimum absolute atomic E-state index is 0.454. The van der Waals surface area contributed by atoms with Crippen molar-refractivity contribution >= 4 is 0 Å². The molecule has 118 valence electrons. The fourth-order valence-electron chi connectivity index (χ4n) is 3.14. The van der Waals surface area contributed by atoms with Gasteiger partial charge < -0.3 is 10.4 Å². The van der Waals surface area contributed by atoms with Gasteiger partial charge >= 0.3 is 0 Å². The van der Waals surface area contributed by atoms with Crippen LogP contribution in [0.3, 0.4) is 0 Å². The smallest absolute Gasteiger partial charge is 0.0994 e. The third kappa shape index (κ3) is 4.80. The lowest BCUT2D eigenvalue weighted by molar-refractivity contribution is -0.000332. The monoisotopic (exact) mass is 290 g/mol. The SMILES string of the molecule is CC(C)N(CC1CCNCC1)CC(C)(O)c1ccccc1. The van der Waals surface area contributed by atoms with Crippen LogP contribution in [0.1, 0.15) is 39.2 Å². The van der Waals surface area contributed by atoms with Gasteiger partial charge in [0.15, 0.2) is 0 Å². The standard InChI is InChI=1S/C18H30N2O/c1-15(2)20(13-16-9-11-19-12-10-16)14-18(3,21)17-7-5-4-6-8-17/h4-8,15-16,19,21H,9-14H2,1-3H3. The number of hydrogen-bond acceptors (Lipinski definition) is 3. The molecule has 0 aromatic heterocycles. The van der Waals surface area contributed by atoms with Gasteiger partial charge in [-0.05, 0) is 58.2 Å². The van der Waals surface area contributed by atoms with E-state index in [2.05, 4.69) is 24.1 Å². The number of piperidine rings is 1. The first kappa shape index (κ1) is 16.5. The van der Waals surface area contributed by atoms with Crippen LogP contribution in [0, 0.1) is 5.92 Å². The van der Waals surface area contributed by atoms with Gasteiger partial charge in [-0.25, -0.2) is 0 Å². The largest absolute Gasteiger partial charge is 0.384 e. The molecular weight excluding hydrogens is 260 g/mol. The van der Waals surface area contributed by atoms with Crippen LogP contribution in [-0.4, -0.2) is 42.2 Å². The minimum atomic E-state index is -0.793. The van der Waals surface area contributed by atoms with Crippen LogP contribution >= 0.6 is 0 Å². The molecular formula is C18H30N2O. The van der Waals surface area contributed by atoms with Crippen molar-refractivity contribution in [3.05, 3.63) is 35.9 Å². The Morgan fingerprint density at radius 2 is 1.86 bits per heavy atom. The van der Waals surface area contributed by atoms with Gasteiger partial charge in [0, 0.05) is 19.1 Å². The van der Waals surface area contributed by atoms with Crippen LogP contribution in [0.2, 0.25) is 0 Å². The van der Waals surface area contributed by atoms with Crippen molar-refractivity contribution in [1.82, 2.24) is 10.2 Å². The molecule has 1 fully saturated rings. The molecule has 3 heteroatoms. The third-order valence-electron chi connectivity index (χ3n) is 4.59. The molecule has 0 amide bonds. The molecule has 0 radical (unpaired) electrons. The first-order chi connectivity index (χ1) is 9.99. The lowest BCUT2D eigenvalue weighted by Gasteiger charge is -2.37. The van der Waals surface area contributed by atoms with Gasteiger partial charge in [0.1, 0.15) is 0 Å². The van der Waals surface area contributed by atoms with E-state index in [1.165, 1.54) is 12.8 Å². The van der Waals surface area contributed by atoms with Crippen molar-refractivity contribution in [2.45, 2.75) is 45.3 Å². The highest BCUT2D eigenvalue weighted by Gasteiger charge is 2.29. The number of rotatable bonds is 6. The second-order valence-electron chi connectivity index (χ2n) is 6.86. The van der Waals surface area contributed by atoms with Crippen LogP contribution in [0.4, 0.5) is 0 Å². The predicted molar refractivity (Wildman–Crippen MR) is 88.3 cm³/mol. The van der Waals surface area contributed by atoms with Crippen LogP contribution in [0.25, 0.3) is 0 Å². The Balaban J connectivity index is 2.01. The van der Waals surface area contributed by atoms with Crippen molar-refractivity contribution in [1.29, 1.82) is 0 Å². The highest BCUT2D eigenvalue weighted by atomic mass is 16.3. The Hall–Kier alpha value is -0.900. The Bertz CT molecular complexity index is 410. The quantitative estimate of drug-likeness (QED) is 0.845. The Kier molecular flexibility index (Phi) is 5.80. The van der Waals surface area contributed by atoms with Crippen molar-refractivity contribution < 1.29 is 5.11 Å². The molecule has 1 aliphatic rings. The van der Waals surface area contributed by atoms with E-state index in [4.69, 9.17) is 0 Å². The summed E-state index contributed by atoms with van der Waals surface area (Å²) in [5.41, 5.74) is 0.208. The lowest BCUT2D eigenvalue weighted by atomic mass is 9.92. The van der Waals surface area contributed by atoms with Gasteiger partial charge in [-0.15, -0.1) is 0 Å². The van der Waals surface area contributed by atoms with Crippen LogP contribution < -0.4 is 5.32 Å². The number of aliphatic hydroxyl groups is 1. The average molecular weight is 290 g/mol. The molecule has 1 aliphatic heterocycles. The molecule has 0 saturated carbocycles. The van der Waals surface area contributed by atoms with E-state index in [0.717, 1.165) is 31.1 Å². The summed E-state index contributed by atoms with van der Waals surface area (Å²) >= 11 is 0. The van der Waals surface area contributed by atoms with Crippen LogP contribution in [0.5, 0.6) is 0 Å². The van der Waals surface area contributed by atoms with E-state index in [1.807, 2.05) is 37.3 Å². The molecule has 0 bridgehead atoms. The molecule has 1 aromatic rings. The fourth-order valence-corrected chi connectivity index (χ4v) is 3.14. The second kappa shape index (κ2) is 7.39. The van der Waals surface area contributed by atoms with Crippen LogP contribution in [0.15, 0.2) is 30.3 Å². The van der Waals surface area contributed by atoms with Gasteiger partial charge in [-0.1, -0.05) is 30.3 Å². The van der Waals surface area contributed by atoms with Gasteiger partial charge in [0.25, 0.3) is 0 Å². The van der Waals surface area contributed by atoms with E-state index < -0.39 is 5.60 Å². The maximum absolute atomic E-state index is 10.9. The number of nitrogens with one attached hydrogen (secondary N) is 1. The summed E-state index contributed by atoms with van der Waals surface area (Å²) in [6, 6.07) is 10.5. The molecule has 2 rings (SSSR count). The van der Waals surface area contributed by atoms with Crippen molar-refractivity contribution in [2.75, 3.05) is 26.2 Å². The van der Waals surface area contributed by atoms with Gasteiger partial charge in [0.2, 0.25) is 0 Å². The Morgan fingerprint density at radius 3 is 2.43 bits per heavy atom. The summed E-state index contributed by atoms with van der Waals surface area (Å²) in [4.78, 5) is 2.43. The summed E-state index contributed by atoms with van der Waals surface area (Å²) in [6.45, 7) is 10.4. The first-order valence-electron chi connectivity index (χ1n) is 8.22. The molecule has 0 spiro atoms. The zero-order chi connectivity index (χ0) is 15.3. The summed E-state index contributed by atoms with van der Waals surface area (Å²) in [5.74, 6) is 0.750. The maximum atomic E-state index is 10.9. The molecule has 2 N–H and O–H groups in total. The highest BCUT2D eigenvalue weighted by Crippen LogP contribution is 2.24.